The van der Waals surface area contributed by atoms with Crippen LogP contribution in [0.25, 0.3) is 0 Å². The molecule has 19 heavy (non-hydrogen) atoms. The molecule has 1 unspecified atom stereocenters. The van der Waals surface area contributed by atoms with Crippen molar-refractivity contribution in [3.63, 3.8) is 0 Å². The molecule has 0 aromatic heterocycles. The van der Waals surface area contributed by atoms with Crippen LogP contribution in [0.3, 0.4) is 0 Å². The van der Waals surface area contributed by atoms with Gasteiger partial charge in [-0.05, 0) is 44.6 Å². The summed E-state index contributed by atoms with van der Waals surface area (Å²) in [6.07, 6.45) is 1.71. The van der Waals surface area contributed by atoms with Crippen LogP contribution in [0, 0.1) is 0 Å². The van der Waals surface area contributed by atoms with Gasteiger partial charge in [0.05, 0.1) is 13.2 Å². The van der Waals surface area contributed by atoms with Crippen molar-refractivity contribution in [1.29, 1.82) is 0 Å². The minimum atomic E-state index is -0.183. The van der Waals surface area contributed by atoms with E-state index in [1.165, 1.54) is 0 Å². The lowest BCUT2D eigenvalue weighted by Gasteiger charge is -2.11. The van der Waals surface area contributed by atoms with Crippen molar-refractivity contribution in [2.24, 2.45) is 5.73 Å². The van der Waals surface area contributed by atoms with Crippen molar-refractivity contribution in [3.8, 4) is 5.75 Å². The van der Waals surface area contributed by atoms with Crippen LogP contribution >= 0.6 is 12.4 Å². The van der Waals surface area contributed by atoms with Crippen LogP contribution < -0.4 is 10.5 Å². The Hall–Kier alpha value is -0.810. The Kier molecular flexibility index (Phi) is 9.61. The molecule has 0 heterocycles. The van der Waals surface area contributed by atoms with Crippen LogP contribution in [-0.4, -0.2) is 49.9 Å². The minimum Gasteiger partial charge on any atom is -0.494 e. The number of nitrogens with two attached hydrogens (primary N) is 1. The average molecular weight is 289 g/mol. The maximum atomic E-state index is 8.89. The van der Waals surface area contributed by atoms with Gasteiger partial charge in [0.15, 0.2) is 0 Å². The number of aliphatic hydroxyl groups excluding tert-OH is 1. The number of benzene rings is 1. The number of halogens is 1. The first-order valence-corrected chi connectivity index (χ1v) is 6.34. The number of hydrogen-bond donors (Lipinski definition) is 2. The quantitative estimate of drug-likeness (QED) is 0.708. The Morgan fingerprint density at radius 3 is 2.42 bits per heavy atom. The van der Waals surface area contributed by atoms with E-state index in [9.17, 15) is 0 Å². The Labute approximate surface area is 122 Å². The maximum Gasteiger partial charge on any atom is 0.119 e. The van der Waals surface area contributed by atoms with E-state index in [1.807, 2.05) is 24.3 Å². The van der Waals surface area contributed by atoms with Crippen molar-refractivity contribution in [2.75, 3.05) is 33.9 Å². The molecule has 1 rings (SSSR count). The molecule has 0 aliphatic carbocycles. The lowest BCUT2D eigenvalue weighted by molar-refractivity contribution is 0.265. The van der Waals surface area contributed by atoms with Gasteiger partial charge in [0.2, 0.25) is 0 Å². The van der Waals surface area contributed by atoms with Gasteiger partial charge in [0.1, 0.15) is 5.75 Å². The normalized spacial score (nSPS) is 12.1. The van der Waals surface area contributed by atoms with E-state index in [4.69, 9.17) is 15.6 Å². The smallest absolute Gasteiger partial charge is 0.119 e. The number of ether oxygens (including phenoxy) is 1. The zero-order valence-corrected chi connectivity index (χ0v) is 12.5. The summed E-state index contributed by atoms with van der Waals surface area (Å²) in [6, 6.07) is 7.72. The lowest BCUT2D eigenvalue weighted by atomic mass is 10.1. The highest BCUT2D eigenvalue weighted by Gasteiger charge is 2.02. The fourth-order valence-corrected chi connectivity index (χ4v) is 1.66. The second kappa shape index (κ2) is 10.0. The van der Waals surface area contributed by atoms with Crippen molar-refractivity contribution < 1.29 is 9.84 Å². The Morgan fingerprint density at radius 2 is 1.89 bits per heavy atom. The van der Waals surface area contributed by atoms with Crippen LogP contribution in [0.1, 0.15) is 12.0 Å². The van der Waals surface area contributed by atoms with Gasteiger partial charge < -0.3 is 20.5 Å². The predicted molar refractivity (Wildman–Crippen MR) is 81.1 cm³/mol. The lowest BCUT2D eigenvalue weighted by Crippen LogP contribution is -2.26. The molecule has 0 saturated carbocycles. The summed E-state index contributed by atoms with van der Waals surface area (Å²) in [6.45, 7) is 1.78. The predicted octanol–water partition coefficient (Wildman–Crippen LogP) is 1.30. The van der Waals surface area contributed by atoms with Crippen LogP contribution in [0.2, 0.25) is 0 Å². The fourth-order valence-electron chi connectivity index (χ4n) is 1.66. The van der Waals surface area contributed by atoms with E-state index in [-0.39, 0.29) is 25.1 Å². The Bertz CT molecular complexity index is 331. The van der Waals surface area contributed by atoms with E-state index in [0.717, 1.165) is 30.9 Å². The molecule has 0 radical (unpaired) electrons. The average Bonchev–Trinajstić information content (AvgIpc) is 2.36. The maximum absolute atomic E-state index is 8.89. The fraction of sp³-hybridized carbons (Fsp3) is 0.571. The second-order valence-electron chi connectivity index (χ2n) is 4.80. The summed E-state index contributed by atoms with van der Waals surface area (Å²) in [4.78, 5) is 2.14. The highest BCUT2D eigenvalue weighted by molar-refractivity contribution is 5.85. The van der Waals surface area contributed by atoms with Crippen molar-refractivity contribution in [2.45, 2.75) is 18.9 Å². The first-order valence-electron chi connectivity index (χ1n) is 6.34. The van der Waals surface area contributed by atoms with Crippen molar-refractivity contribution >= 4 is 12.4 Å². The molecule has 5 heteroatoms. The molecular weight excluding hydrogens is 264 g/mol. The van der Waals surface area contributed by atoms with Gasteiger partial charge in [-0.15, -0.1) is 12.4 Å². The molecule has 0 saturated heterocycles. The number of aliphatic hydroxyl groups is 1. The second-order valence-corrected chi connectivity index (χ2v) is 4.80. The molecule has 110 valence electrons. The highest BCUT2D eigenvalue weighted by Crippen LogP contribution is 2.13. The number of rotatable bonds is 8. The van der Waals surface area contributed by atoms with Crippen LogP contribution in [0.15, 0.2) is 24.3 Å². The van der Waals surface area contributed by atoms with E-state index in [0.29, 0.717) is 6.42 Å². The Balaban J connectivity index is 0.00000324. The summed E-state index contributed by atoms with van der Waals surface area (Å²) in [5, 5.41) is 8.89. The molecule has 0 fully saturated rings. The molecule has 1 atom stereocenters. The largest absolute Gasteiger partial charge is 0.494 e. The molecule has 1 aromatic carbocycles. The van der Waals surface area contributed by atoms with E-state index < -0.39 is 0 Å². The van der Waals surface area contributed by atoms with Gasteiger partial charge in [-0.1, -0.05) is 12.1 Å². The SMILES string of the molecule is CN(C)CCCOc1ccc(CC(N)CO)cc1.Cl. The molecule has 4 nitrogen and oxygen atoms in total. The third kappa shape index (κ3) is 8.06. The van der Waals surface area contributed by atoms with Gasteiger partial charge in [-0.2, -0.15) is 0 Å². The molecule has 0 bridgehead atoms. The summed E-state index contributed by atoms with van der Waals surface area (Å²) in [5.41, 5.74) is 6.81. The van der Waals surface area contributed by atoms with Crippen LogP contribution in [0.4, 0.5) is 0 Å². The zero-order valence-electron chi connectivity index (χ0n) is 11.7. The van der Waals surface area contributed by atoms with E-state index in [2.05, 4.69) is 19.0 Å². The standard InChI is InChI=1S/C14H24N2O2.ClH/c1-16(2)8-3-9-18-14-6-4-12(5-7-14)10-13(15)11-17;/h4-7,13,17H,3,8-11,15H2,1-2H3;1H. The van der Waals surface area contributed by atoms with Crippen LogP contribution in [-0.2, 0) is 6.42 Å². The van der Waals surface area contributed by atoms with Crippen molar-refractivity contribution in [1.82, 2.24) is 4.90 Å². The summed E-state index contributed by atoms with van der Waals surface area (Å²) < 4.78 is 5.64. The Morgan fingerprint density at radius 1 is 1.26 bits per heavy atom. The molecule has 0 aliphatic rings. The molecule has 1 aromatic rings. The molecule has 0 spiro atoms. The zero-order chi connectivity index (χ0) is 13.4. The molecule has 0 amide bonds. The molecular formula is C14H25ClN2O2. The first kappa shape index (κ1) is 18.2. The van der Waals surface area contributed by atoms with Gasteiger partial charge in [-0.3, -0.25) is 0 Å². The third-order valence-corrected chi connectivity index (χ3v) is 2.67. The van der Waals surface area contributed by atoms with Gasteiger partial charge in [0, 0.05) is 12.6 Å². The third-order valence-electron chi connectivity index (χ3n) is 2.67. The first-order chi connectivity index (χ1) is 8.61. The van der Waals surface area contributed by atoms with Gasteiger partial charge in [0.25, 0.3) is 0 Å². The van der Waals surface area contributed by atoms with E-state index >= 15 is 0 Å². The van der Waals surface area contributed by atoms with Gasteiger partial charge in [-0.25, -0.2) is 0 Å². The number of nitrogens with zero attached hydrogens (tertiary/aromatic N) is 1. The summed E-state index contributed by atoms with van der Waals surface area (Å²) in [7, 11) is 4.11. The summed E-state index contributed by atoms with van der Waals surface area (Å²) >= 11 is 0. The summed E-state index contributed by atoms with van der Waals surface area (Å²) in [5.74, 6) is 0.884. The van der Waals surface area contributed by atoms with Gasteiger partial charge >= 0.3 is 0 Å². The molecule has 3 N–H and O–H groups in total. The molecule has 0 aliphatic heterocycles. The minimum absolute atomic E-state index is 0. The highest BCUT2D eigenvalue weighted by atomic mass is 35.5. The van der Waals surface area contributed by atoms with Crippen LogP contribution in [0.5, 0.6) is 5.75 Å². The van der Waals surface area contributed by atoms with E-state index in [1.54, 1.807) is 0 Å². The number of hydrogen-bond acceptors (Lipinski definition) is 4. The monoisotopic (exact) mass is 288 g/mol. The van der Waals surface area contributed by atoms with Crippen molar-refractivity contribution in [3.05, 3.63) is 29.8 Å². The topological polar surface area (TPSA) is 58.7 Å².